The molecule has 5 heteroatoms. The Kier molecular flexibility index (Phi) is 52.9. The van der Waals surface area contributed by atoms with Crippen molar-refractivity contribution in [1.29, 1.82) is 0 Å². The number of hydrogen-bond acceptors (Lipinski definition) is 5. The normalized spacial score (nSPS) is 12.6. The molecule has 0 aliphatic carbocycles. The summed E-state index contributed by atoms with van der Waals surface area (Å²) >= 11 is 0. The summed E-state index contributed by atoms with van der Waals surface area (Å²) < 4.78 is 17.4. The van der Waals surface area contributed by atoms with Crippen LogP contribution in [0.3, 0.4) is 0 Å². The van der Waals surface area contributed by atoms with Crippen molar-refractivity contribution in [3.05, 3.63) is 60.8 Å². The van der Waals surface area contributed by atoms with Gasteiger partial charge in [0.15, 0.2) is 6.10 Å². The van der Waals surface area contributed by atoms with Crippen LogP contribution in [0.25, 0.3) is 0 Å². The average Bonchev–Trinajstić information content (AvgIpc) is 3.30. The minimum atomic E-state index is -0.549. The molecule has 0 aromatic heterocycles. The van der Waals surface area contributed by atoms with Crippen LogP contribution in [0.5, 0.6) is 0 Å². The molecule has 0 radical (unpaired) electrons. The van der Waals surface area contributed by atoms with Gasteiger partial charge in [-0.3, -0.25) is 9.59 Å². The van der Waals surface area contributed by atoms with Crippen molar-refractivity contribution in [3.63, 3.8) is 0 Å². The van der Waals surface area contributed by atoms with Crippen molar-refractivity contribution in [2.24, 2.45) is 0 Å². The molecule has 0 bridgehead atoms. The topological polar surface area (TPSA) is 61.8 Å². The van der Waals surface area contributed by atoms with Crippen LogP contribution < -0.4 is 0 Å². The highest BCUT2D eigenvalue weighted by molar-refractivity contribution is 5.70. The van der Waals surface area contributed by atoms with Crippen molar-refractivity contribution in [2.45, 2.75) is 284 Å². The molecular weight excluding hydrogens is 789 g/mol. The molecule has 0 fully saturated rings. The Labute approximate surface area is 398 Å². The number of ether oxygens (including phenoxy) is 3. The van der Waals surface area contributed by atoms with Crippen molar-refractivity contribution in [1.82, 2.24) is 0 Å². The predicted octanol–water partition coefficient (Wildman–Crippen LogP) is 18.9. The summed E-state index contributed by atoms with van der Waals surface area (Å²) in [7, 11) is 0. The molecular formula is C59H106O5. The van der Waals surface area contributed by atoms with Crippen LogP contribution in [0, 0.1) is 0 Å². The fourth-order valence-electron chi connectivity index (χ4n) is 7.91. The Bertz CT molecular complexity index is 1100. The van der Waals surface area contributed by atoms with E-state index in [9.17, 15) is 9.59 Å². The first kappa shape index (κ1) is 61.6. The van der Waals surface area contributed by atoms with E-state index in [2.05, 4.69) is 81.5 Å². The third kappa shape index (κ3) is 52.2. The van der Waals surface area contributed by atoms with Gasteiger partial charge in [0, 0.05) is 19.4 Å². The summed E-state index contributed by atoms with van der Waals surface area (Å²) in [6, 6.07) is 0. The second kappa shape index (κ2) is 54.9. The summed E-state index contributed by atoms with van der Waals surface area (Å²) in [6.45, 7) is 7.71. The van der Waals surface area contributed by atoms with E-state index in [1.54, 1.807) is 0 Å². The number of allylic oxidation sites excluding steroid dienone is 10. The lowest BCUT2D eigenvalue weighted by atomic mass is 10.0. The summed E-state index contributed by atoms with van der Waals surface area (Å²) in [5.41, 5.74) is 0. The smallest absolute Gasteiger partial charge is 0.306 e. The fraction of sp³-hybridized carbons (Fsp3) is 0.797. The van der Waals surface area contributed by atoms with Crippen LogP contribution in [0.2, 0.25) is 0 Å². The second-order valence-corrected chi connectivity index (χ2v) is 18.5. The summed E-state index contributed by atoms with van der Waals surface area (Å²) in [5, 5.41) is 0. The number of carbonyl (C=O) groups excluding carboxylic acids is 2. The Morgan fingerprint density at radius 3 is 1.16 bits per heavy atom. The summed E-state index contributed by atoms with van der Waals surface area (Å²) in [5.74, 6) is -0.424. The molecule has 0 saturated carbocycles. The maximum atomic E-state index is 12.8. The first-order valence-electron chi connectivity index (χ1n) is 27.8. The van der Waals surface area contributed by atoms with Crippen LogP contribution in [0.1, 0.15) is 278 Å². The molecule has 0 aliphatic heterocycles. The minimum Gasteiger partial charge on any atom is -0.462 e. The molecule has 0 N–H and O–H groups in total. The lowest BCUT2D eigenvalue weighted by molar-refractivity contribution is -0.163. The minimum absolute atomic E-state index is 0.0711. The van der Waals surface area contributed by atoms with E-state index in [0.29, 0.717) is 19.4 Å². The summed E-state index contributed by atoms with van der Waals surface area (Å²) in [4.78, 5) is 25.4. The number of hydrogen-bond donors (Lipinski definition) is 0. The molecule has 1 unspecified atom stereocenters. The van der Waals surface area contributed by atoms with E-state index in [1.807, 2.05) is 0 Å². The van der Waals surface area contributed by atoms with Gasteiger partial charge in [0.25, 0.3) is 0 Å². The molecule has 0 aliphatic rings. The molecule has 372 valence electrons. The van der Waals surface area contributed by atoms with Gasteiger partial charge in [0.2, 0.25) is 0 Å². The van der Waals surface area contributed by atoms with Gasteiger partial charge in [0.1, 0.15) is 6.61 Å². The number of carbonyl (C=O) groups is 2. The molecule has 0 rings (SSSR count). The molecule has 0 aromatic rings. The van der Waals surface area contributed by atoms with Gasteiger partial charge in [0.05, 0.1) is 6.61 Å². The van der Waals surface area contributed by atoms with Crippen LogP contribution in [-0.2, 0) is 23.8 Å². The zero-order valence-corrected chi connectivity index (χ0v) is 42.8. The lowest BCUT2D eigenvalue weighted by Crippen LogP contribution is -2.30. The third-order valence-electron chi connectivity index (χ3n) is 12.0. The molecule has 0 amide bonds. The molecule has 1 atom stereocenters. The van der Waals surface area contributed by atoms with Crippen LogP contribution >= 0.6 is 0 Å². The highest BCUT2D eigenvalue weighted by atomic mass is 16.6. The van der Waals surface area contributed by atoms with Crippen LogP contribution in [0.4, 0.5) is 0 Å². The standard InChI is InChI=1S/C59H106O5/c1-4-7-10-13-16-19-22-25-27-29-31-33-36-39-42-45-48-51-54-62-55-57(64-59(61)53-50-47-44-41-38-34-24-21-18-15-12-9-6-3)56-63-58(60)52-49-46-43-40-37-35-32-30-28-26-23-20-17-14-11-8-5-2/h8,11,17,20-21,24,26,28,32,35,57H,4-7,9-10,12-16,18-19,22-23,25,27,29-31,33-34,36-56H2,1-3H3/b11-8-,20-17-,24-21-,28-26-,35-32-. The Morgan fingerprint density at radius 2 is 0.703 bits per heavy atom. The predicted molar refractivity (Wildman–Crippen MR) is 279 cm³/mol. The van der Waals surface area contributed by atoms with E-state index in [1.165, 1.54) is 148 Å². The van der Waals surface area contributed by atoms with Gasteiger partial charge in [-0.15, -0.1) is 0 Å². The maximum absolute atomic E-state index is 12.8. The highest BCUT2D eigenvalue weighted by Crippen LogP contribution is 2.16. The van der Waals surface area contributed by atoms with Gasteiger partial charge in [-0.25, -0.2) is 0 Å². The third-order valence-corrected chi connectivity index (χ3v) is 12.0. The quantitative estimate of drug-likeness (QED) is 0.0346. The van der Waals surface area contributed by atoms with Gasteiger partial charge >= 0.3 is 11.9 Å². The van der Waals surface area contributed by atoms with E-state index in [-0.39, 0.29) is 25.2 Å². The molecule has 0 spiro atoms. The Morgan fingerprint density at radius 1 is 0.359 bits per heavy atom. The van der Waals surface area contributed by atoms with Gasteiger partial charge in [-0.2, -0.15) is 0 Å². The zero-order valence-electron chi connectivity index (χ0n) is 42.8. The average molecular weight is 895 g/mol. The maximum Gasteiger partial charge on any atom is 0.306 e. The fourth-order valence-corrected chi connectivity index (χ4v) is 7.91. The van der Waals surface area contributed by atoms with E-state index >= 15 is 0 Å². The van der Waals surface area contributed by atoms with Crippen molar-refractivity contribution in [3.8, 4) is 0 Å². The van der Waals surface area contributed by atoms with E-state index in [4.69, 9.17) is 14.2 Å². The first-order chi connectivity index (χ1) is 31.6. The van der Waals surface area contributed by atoms with Crippen LogP contribution in [0.15, 0.2) is 60.8 Å². The molecule has 0 heterocycles. The largest absolute Gasteiger partial charge is 0.462 e. The Hall–Kier alpha value is -2.40. The summed E-state index contributed by atoms with van der Waals surface area (Å²) in [6.07, 6.45) is 69.5. The van der Waals surface area contributed by atoms with Crippen LogP contribution in [-0.4, -0.2) is 37.9 Å². The number of esters is 2. The molecule has 64 heavy (non-hydrogen) atoms. The van der Waals surface area contributed by atoms with E-state index < -0.39 is 6.10 Å². The lowest BCUT2D eigenvalue weighted by Gasteiger charge is -2.18. The monoisotopic (exact) mass is 895 g/mol. The first-order valence-corrected chi connectivity index (χ1v) is 27.8. The highest BCUT2D eigenvalue weighted by Gasteiger charge is 2.17. The molecule has 5 nitrogen and oxygen atoms in total. The van der Waals surface area contributed by atoms with Crippen molar-refractivity contribution < 1.29 is 23.8 Å². The zero-order chi connectivity index (χ0) is 46.3. The van der Waals surface area contributed by atoms with Crippen molar-refractivity contribution >= 4 is 11.9 Å². The van der Waals surface area contributed by atoms with Gasteiger partial charge in [-0.1, -0.05) is 242 Å². The van der Waals surface area contributed by atoms with Gasteiger partial charge < -0.3 is 14.2 Å². The van der Waals surface area contributed by atoms with Crippen molar-refractivity contribution in [2.75, 3.05) is 19.8 Å². The SMILES string of the molecule is CC/C=C\C/C=C\C/C=C\C/C=C\CCCCCCC(=O)OCC(COCCCCCCCCCCCCCCCCCCCC)OC(=O)CCCCCCC/C=C\CCCCCC. The van der Waals surface area contributed by atoms with E-state index in [0.717, 1.165) is 96.3 Å². The molecule has 0 saturated heterocycles. The molecule has 0 aromatic carbocycles. The number of unbranched alkanes of at least 4 members (excludes halogenated alkanes) is 30. The Balaban J connectivity index is 4.27. The second-order valence-electron chi connectivity index (χ2n) is 18.5. The number of rotatable bonds is 51. The van der Waals surface area contributed by atoms with Gasteiger partial charge in [-0.05, 0) is 83.5 Å².